The molecule has 1 aliphatic rings. The Morgan fingerprint density at radius 3 is 2.56 bits per heavy atom. The molecule has 0 spiro atoms. The zero-order valence-electron chi connectivity index (χ0n) is 11.3. The lowest BCUT2D eigenvalue weighted by atomic mass is 9.86. The van der Waals surface area contributed by atoms with Gasteiger partial charge in [0.2, 0.25) is 0 Å². The van der Waals surface area contributed by atoms with Crippen LogP contribution >= 0.6 is 0 Å². The predicted molar refractivity (Wildman–Crippen MR) is 68.6 cm³/mol. The van der Waals surface area contributed by atoms with Crippen molar-refractivity contribution in [3.8, 4) is 0 Å². The molecule has 16 heavy (non-hydrogen) atoms. The molecule has 1 saturated carbocycles. The first-order valence-electron chi connectivity index (χ1n) is 6.55. The Balaban J connectivity index is 2.31. The molecule has 3 nitrogen and oxygen atoms in total. The van der Waals surface area contributed by atoms with E-state index in [0.29, 0.717) is 5.41 Å². The van der Waals surface area contributed by atoms with Gasteiger partial charge in [-0.3, -0.25) is 0 Å². The number of nitrogens with one attached hydrogen (secondary N) is 1. The van der Waals surface area contributed by atoms with Gasteiger partial charge in [-0.1, -0.05) is 13.8 Å². The standard InChI is InChI=1S/C13H28N2O/c1-5-13(3,9-14-12-6-7-12)10-15(4)8-11(2)16/h11-12,14,16H,5-10H2,1-4H3. The van der Waals surface area contributed by atoms with Crippen molar-refractivity contribution in [3.63, 3.8) is 0 Å². The van der Waals surface area contributed by atoms with Crippen LogP contribution in [0.15, 0.2) is 0 Å². The summed E-state index contributed by atoms with van der Waals surface area (Å²) in [5, 5.41) is 13.0. The summed E-state index contributed by atoms with van der Waals surface area (Å²) in [6.45, 7) is 9.35. The molecule has 1 rings (SSSR count). The van der Waals surface area contributed by atoms with Gasteiger partial charge in [0.15, 0.2) is 0 Å². The molecule has 0 heterocycles. The molecule has 0 radical (unpaired) electrons. The molecule has 2 unspecified atom stereocenters. The van der Waals surface area contributed by atoms with Gasteiger partial charge in [-0.2, -0.15) is 0 Å². The zero-order chi connectivity index (χ0) is 12.2. The molecule has 3 heteroatoms. The topological polar surface area (TPSA) is 35.5 Å². The first kappa shape index (κ1) is 13.9. The zero-order valence-corrected chi connectivity index (χ0v) is 11.3. The van der Waals surface area contributed by atoms with Gasteiger partial charge in [-0.15, -0.1) is 0 Å². The van der Waals surface area contributed by atoms with Gasteiger partial charge in [-0.05, 0) is 38.6 Å². The number of hydrogen-bond acceptors (Lipinski definition) is 3. The number of rotatable bonds is 8. The van der Waals surface area contributed by atoms with Crippen molar-refractivity contribution in [2.45, 2.75) is 52.2 Å². The molecule has 0 aromatic carbocycles. The number of hydrogen-bond donors (Lipinski definition) is 2. The van der Waals surface area contributed by atoms with Crippen molar-refractivity contribution in [2.75, 3.05) is 26.7 Å². The highest BCUT2D eigenvalue weighted by Gasteiger charge is 2.28. The van der Waals surface area contributed by atoms with Crippen LogP contribution in [0, 0.1) is 5.41 Å². The molecule has 0 aliphatic heterocycles. The minimum Gasteiger partial charge on any atom is -0.392 e. The van der Waals surface area contributed by atoms with E-state index in [-0.39, 0.29) is 6.10 Å². The second-order valence-electron chi connectivity index (χ2n) is 5.87. The maximum Gasteiger partial charge on any atom is 0.0638 e. The summed E-state index contributed by atoms with van der Waals surface area (Å²) in [7, 11) is 2.09. The second-order valence-corrected chi connectivity index (χ2v) is 5.87. The molecule has 2 N–H and O–H groups in total. The van der Waals surface area contributed by atoms with Crippen LogP contribution in [0.3, 0.4) is 0 Å². The van der Waals surface area contributed by atoms with Crippen LogP contribution in [0.5, 0.6) is 0 Å². The van der Waals surface area contributed by atoms with Crippen LogP contribution in [-0.4, -0.2) is 48.8 Å². The van der Waals surface area contributed by atoms with E-state index in [1.54, 1.807) is 0 Å². The van der Waals surface area contributed by atoms with Gasteiger partial charge in [0.25, 0.3) is 0 Å². The normalized spacial score (nSPS) is 22.1. The quantitative estimate of drug-likeness (QED) is 0.660. The van der Waals surface area contributed by atoms with E-state index < -0.39 is 0 Å². The average molecular weight is 228 g/mol. The fourth-order valence-corrected chi connectivity index (χ4v) is 2.14. The van der Waals surface area contributed by atoms with Crippen molar-refractivity contribution in [1.29, 1.82) is 0 Å². The summed E-state index contributed by atoms with van der Waals surface area (Å²) >= 11 is 0. The maximum absolute atomic E-state index is 9.36. The molecular weight excluding hydrogens is 200 g/mol. The minimum absolute atomic E-state index is 0.234. The van der Waals surface area contributed by atoms with Crippen molar-refractivity contribution < 1.29 is 5.11 Å². The van der Waals surface area contributed by atoms with Gasteiger partial charge < -0.3 is 15.3 Å². The molecule has 0 bridgehead atoms. The predicted octanol–water partition coefficient (Wildman–Crippen LogP) is 1.47. The molecule has 0 aromatic rings. The molecule has 1 aliphatic carbocycles. The van der Waals surface area contributed by atoms with Gasteiger partial charge >= 0.3 is 0 Å². The minimum atomic E-state index is -0.234. The van der Waals surface area contributed by atoms with Gasteiger partial charge in [-0.25, -0.2) is 0 Å². The summed E-state index contributed by atoms with van der Waals surface area (Å²) in [4.78, 5) is 2.24. The SMILES string of the molecule is CCC(C)(CNC1CC1)CN(C)CC(C)O. The van der Waals surface area contributed by atoms with E-state index in [0.717, 1.165) is 25.7 Å². The monoisotopic (exact) mass is 228 g/mol. The third-order valence-electron chi connectivity index (χ3n) is 3.48. The number of nitrogens with zero attached hydrogens (tertiary/aromatic N) is 1. The smallest absolute Gasteiger partial charge is 0.0638 e. The van der Waals surface area contributed by atoms with E-state index >= 15 is 0 Å². The Labute approximate surface area is 100 Å². The van der Waals surface area contributed by atoms with E-state index in [9.17, 15) is 5.11 Å². The summed E-state index contributed by atoms with van der Waals surface area (Å²) in [6, 6.07) is 0.785. The fraction of sp³-hybridized carbons (Fsp3) is 1.00. The Morgan fingerprint density at radius 1 is 1.50 bits per heavy atom. The molecule has 0 aromatic heterocycles. The number of aliphatic hydroxyl groups excluding tert-OH is 1. The van der Waals surface area contributed by atoms with Crippen LogP contribution in [-0.2, 0) is 0 Å². The number of aliphatic hydroxyl groups is 1. The molecule has 96 valence electrons. The number of likely N-dealkylation sites (N-methyl/N-ethyl adjacent to an activating group) is 1. The lowest BCUT2D eigenvalue weighted by Crippen LogP contribution is -2.43. The third kappa shape index (κ3) is 5.28. The van der Waals surface area contributed by atoms with Crippen molar-refractivity contribution in [3.05, 3.63) is 0 Å². The van der Waals surface area contributed by atoms with Crippen LogP contribution < -0.4 is 5.32 Å². The Hall–Kier alpha value is -0.120. The van der Waals surface area contributed by atoms with E-state index in [4.69, 9.17) is 0 Å². The first-order chi connectivity index (χ1) is 7.45. The van der Waals surface area contributed by atoms with Crippen LogP contribution in [0.4, 0.5) is 0 Å². The Morgan fingerprint density at radius 2 is 2.12 bits per heavy atom. The van der Waals surface area contributed by atoms with Gasteiger partial charge in [0, 0.05) is 25.7 Å². The summed E-state index contributed by atoms with van der Waals surface area (Å²) in [5.74, 6) is 0. The lowest BCUT2D eigenvalue weighted by Gasteiger charge is -2.34. The lowest BCUT2D eigenvalue weighted by molar-refractivity contribution is 0.108. The van der Waals surface area contributed by atoms with Gasteiger partial charge in [0.05, 0.1) is 6.10 Å². The average Bonchev–Trinajstić information content (AvgIpc) is 2.96. The van der Waals surface area contributed by atoms with Crippen molar-refractivity contribution >= 4 is 0 Å². The highest BCUT2D eigenvalue weighted by Crippen LogP contribution is 2.25. The summed E-state index contributed by atoms with van der Waals surface area (Å²) in [5.41, 5.74) is 0.326. The fourth-order valence-electron chi connectivity index (χ4n) is 2.14. The van der Waals surface area contributed by atoms with Gasteiger partial charge in [0.1, 0.15) is 0 Å². The maximum atomic E-state index is 9.36. The summed E-state index contributed by atoms with van der Waals surface area (Å²) in [6.07, 6.45) is 3.64. The first-order valence-corrected chi connectivity index (χ1v) is 6.55. The molecule has 0 saturated heterocycles. The highest BCUT2D eigenvalue weighted by molar-refractivity contribution is 4.86. The van der Waals surface area contributed by atoms with Crippen molar-refractivity contribution in [1.82, 2.24) is 10.2 Å². The molecular formula is C13H28N2O. The highest BCUT2D eigenvalue weighted by atomic mass is 16.3. The molecule has 0 amide bonds. The van der Waals surface area contributed by atoms with E-state index in [2.05, 4.69) is 31.1 Å². The van der Waals surface area contributed by atoms with E-state index in [1.807, 2.05) is 6.92 Å². The van der Waals surface area contributed by atoms with Crippen LogP contribution in [0.1, 0.15) is 40.0 Å². The van der Waals surface area contributed by atoms with Crippen LogP contribution in [0.25, 0.3) is 0 Å². The second kappa shape index (κ2) is 5.99. The largest absolute Gasteiger partial charge is 0.392 e. The Bertz CT molecular complexity index is 204. The van der Waals surface area contributed by atoms with E-state index in [1.165, 1.54) is 19.3 Å². The third-order valence-corrected chi connectivity index (χ3v) is 3.48. The Kier molecular flexibility index (Phi) is 5.22. The van der Waals surface area contributed by atoms with Crippen LogP contribution in [0.2, 0.25) is 0 Å². The van der Waals surface area contributed by atoms with Crippen molar-refractivity contribution in [2.24, 2.45) is 5.41 Å². The molecule has 2 atom stereocenters. The summed E-state index contributed by atoms with van der Waals surface area (Å²) < 4.78 is 0. The molecule has 1 fully saturated rings.